The molecule has 1 N–H and O–H groups in total. The Morgan fingerprint density at radius 3 is 2.19 bits per heavy atom. The second-order valence-corrected chi connectivity index (χ2v) is 17.3. The van der Waals surface area contributed by atoms with Crippen LogP contribution in [0, 0.1) is 62.6 Å². The van der Waals surface area contributed by atoms with E-state index in [0.717, 1.165) is 19.3 Å². The quantitative estimate of drug-likeness (QED) is 0.281. The zero-order valence-electron chi connectivity index (χ0n) is 28.4. The second-order valence-electron chi connectivity index (χ2n) is 17.3. The standard InChI is InChI=1S/C37H60O6/c1-23(2)25-13-18-37(21-22-42-31(41)12-11-30(39)40)20-19-35(7)26(32(25)37)9-10-28-34(6)16-15-29(43-24(3)38)33(4,5)27(34)14-17-36(28,35)8/h23,25-29,32H,9-22H2,1-8H3,(H,39,40). The predicted molar refractivity (Wildman–Crippen MR) is 167 cm³/mol. The fourth-order valence-electron chi connectivity index (χ4n) is 13.0. The summed E-state index contributed by atoms with van der Waals surface area (Å²) in [6.07, 6.45) is 12.9. The normalized spacial score (nSPS) is 44.9. The summed E-state index contributed by atoms with van der Waals surface area (Å²) in [5, 5.41) is 8.96. The maximum atomic E-state index is 12.3. The lowest BCUT2D eigenvalue weighted by Gasteiger charge is -2.73. The Bertz CT molecular complexity index is 1100. The van der Waals surface area contributed by atoms with Crippen LogP contribution in [0.5, 0.6) is 0 Å². The molecule has 6 nitrogen and oxygen atoms in total. The molecule has 6 heteroatoms. The third-order valence-electron chi connectivity index (χ3n) is 15.2. The molecular weight excluding hydrogens is 540 g/mol. The van der Waals surface area contributed by atoms with Gasteiger partial charge in [0, 0.05) is 12.3 Å². The average Bonchev–Trinajstić information content (AvgIpc) is 3.29. The van der Waals surface area contributed by atoms with Crippen molar-refractivity contribution in [3.8, 4) is 0 Å². The molecule has 0 aromatic carbocycles. The Hall–Kier alpha value is -1.59. The zero-order valence-corrected chi connectivity index (χ0v) is 28.4. The van der Waals surface area contributed by atoms with Crippen molar-refractivity contribution >= 4 is 17.9 Å². The molecule has 0 aromatic heterocycles. The molecule has 0 aliphatic heterocycles. The molecule has 0 spiro atoms. The molecule has 5 saturated carbocycles. The Kier molecular flexibility index (Phi) is 8.64. The molecule has 0 aromatic rings. The maximum absolute atomic E-state index is 12.3. The van der Waals surface area contributed by atoms with Crippen molar-refractivity contribution in [2.75, 3.05) is 6.61 Å². The van der Waals surface area contributed by atoms with Gasteiger partial charge in [-0.05, 0) is 128 Å². The number of carbonyl (C=O) groups excluding carboxylic acids is 2. The summed E-state index contributed by atoms with van der Waals surface area (Å²) in [6, 6.07) is 0. The van der Waals surface area contributed by atoms with Crippen LogP contribution in [0.2, 0.25) is 0 Å². The molecule has 0 saturated heterocycles. The SMILES string of the molecule is CC(=O)OC1CCC2(C)C(CCC3(C)C2CCC2C4C(C(C)C)CCC4(CCOC(=O)CCC(=O)O)CCC23C)C1(C)C. The van der Waals surface area contributed by atoms with Crippen LogP contribution in [0.25, 0.3) is 0 Å². The first kappa shape index (κ1) is 32.8. The second kappa shape index (κ2) is 11.3. The van der Waals surface area contributed by atoms with E-state index in [9.17, 15) is 14.4 Å². The van der Waals surface area contributed by atoms with E-state index in [4.69, 9.17) is 14.6 Å². The van der Waals surface area contributed by atoms with E-state index in [0.29, 0.717) is 42.1 Å². The van der Waals surface area contributed by atoms with Crippen LogP contribution in [0.3, 0.4) is 0 Å². The van der Waals surface area contributed by atoms with E-state index in [-0.39, 0.29) is 58.0 Å². The fraction of sp³-hybridized carbons (Fsp3) is 0.919. The number of carbonyl (C=O) groups is 3. The van der Waals surface area contributed by atoms with Crippen molar-refractivity contribution in [2.45, 2.75) is 145 Å². The van der Waals surface area contributed by atoms with E-state index in [2.05, 4.69) is 48.5 Å². The third-order valence-corrected chi connectivity index (χ3v) is 15.2. The van der Waals surface area contributed by atoms with Crippen LogP contribution in [-0.2, 0) is 23.9 Å². The topological polar surface area (TPSA) is 89.9 Å². The van der Waals surface area contributed by atoms with Gasteiger partial charge in [-0.25, -0.2) is 0 Å². The first-order valence-electron chi connectivity index (χ1n) is 17.6. The Balaban J connectivity index is 1.40. The average molecular weight is 601 g/mol. The Morgan fingerprint density at radius 2 is 1.53 bits per heavy atom. The number of hydrogen-bond donors (Lipinski definition) is 1. The Morgan fingerprint density at radius 1 is 0.814 bits per heavy atom. The van der Waals surface area contributed by atoms with Crippen molar-refractivity contribution in [1.29, 1.82) is 0 Å². The van der Waals surface area contributed by atoms with Gasteiger partial charge in [0.2, 0.25) is 0 Å². The summed E-state index contributed by atoms with van der Waals surface area (Å²) in [7, 11) is 0. The molecule has 0 heterocycles. The van der Waals surface area contributed by atoms with Crippen LogP contribution >= 0.6 is 0 Å². The number of hydrogen-bond acceptors (Lipinski definition) is 5. The van der Waals surface area contributed by atoms with Gasteiger partial charge in [0.1, 0.15) is 6.10 Å². The van der Waals surface area contributed by atoms with E-state index in [1.165, 1.54) is 51.4 Å². The number of carboxylic acids is 1. The van der Waals surface area contributed by atoms with Crippen LogP contribution in [0.15, 0.2) is 0 Å². The summed E-state index contributed by atoms with van der Waals surface area (Å²) in [6.45, 7) is 19.5. The summed E-state index contributed by atoms with van der Waals surface area (Å²) in [4.78, 5) is 35.2. The number of ether oxygens (including phenoxy) is 2. The van der Waals surface area contributed by atoms with Crippen molar-refractivity contribution in [3.63, 3.8) is 0 Å². The van der Waals surface area contributed by atoms with E-state index >= 15 is 0 Å². The van der Waals surface area contributed by atoms with Gasteiger partial charge in [-0.2, -0.15) is 0 Å². The van der Waals surface area contributed by atoms with Gasteiger partial charge in [0.05, 0.1) is 19.4 Å². The lowest BCUT2D eigenvalue weighted by molar-refractivity contribution is -0.252. The lowest BCUT2D eigenvalue weighted by Crippen LogP contribution is -2.66. The van der Waals surface area contributed by atoms with E-state index < -0.39 is 5.97 Å². The monoisotopic (exact) mass is 600 g/mol. The Labute approximate surface area is 260 Å². The van der Waals surface area contributed by atoms with Crippen molar-refractivity contribution in [1.82, 2.24) is 0 Å². The van der Waals surface area contributed by atoms with Gasteiger partial charge in [-0.3, -0.25) is 14.4 Å². The molecule has 10 unspecified atom stereocenters. The minimum absolute atomic E-state index is 0.0122. The molecule has 0 amide bonds. The van der Waals surface area contributed by atoms with Gasteiger partial charge in [-0.1, -0.05) is 48.5 Å². The zero-order chi connectivity index (χ0) is 31.6. The van der Waals surface area contributed by atoms with Gasteiger partial charge < -0.3 is 14.6 Å². The first-order valence-corrected chi connectivity index (χ1v) is 17.6. The number of fused-ring (bicyclic) bond motifs is 7. The molecule has 5 fully saturated rings. The lowest BCUT2D eigenvalue weighted by atomic mass is 9.32. The molecule has 5 aliphatic rings. The number of rotatable bonds is 8. The van der Waals surface area contributed by atoms with E-state index in [1.807, 2.05) is 0 Å². The molecule has 5 rings (SSSR count). The third kappa shape index (κ3) is 5.17. The number of aliphatic carboxylic acids is 1. The van der Waals surface area contributed by atoms with Crippen molar-refractivity contribution in [2.24, 2.45) is 62.6 Å². The molecule has 244 valence electrons. The van der Waals surface area contributed by atoms with Crippen molar-refractivity contribution in [3.05, 3.63) is 0 Å². The van der Waals surface area contributed by atoms with Gasteiger partial charge >= 0.3 is 17.9 Å². The molecule has 5 aliphatic carbocycles. The van der Waals surface area contributed by atoms with Gasteiger partial charge in [0.15, 0.2) is 0 Å². The summed E-state index contributed by atoms with van der Waals surface area (Å²) < 4.78 is 11.6. The smallest absolute Gasteiger partial charge is 0.306 e. The van der Waals surface area contributed by atoms with Crippen LogP contribution in [0.1, 0.15) is 139 Å². The maximum Gasteiger partial charge on any atom is 0.306 e. The van der Waals surface area contributed by atoms with E-state index in [1.54, 1.807) is 6.92 Å². The number of carboxylic acid groups (broad SMARTS) is 1. The largest absolute Gasteiger partial charge is 0.481 e. The minimum Gasteiger partial charge on any atom is -0.481 e. The molecule has 43 heavy (non-hydrogen) atoms. The van der Waals surface area contributed by atoms with Crippen LogP contribution < -0.4 is 0 Å². The highest BCUT2D eigenvalue weighted by Gasteiger charge is 2.71. The predicted octanol–water partition coefficient (Wildman–Crippen LogP) is 8.45. The summed E-state index contributed by atoms with van der Waals surface area (Å²) in [5.74, 6) is 2.45. The van der Waals surface area contributed by atoms with Gasteiger partial charge in [-0.15, -0.1) is 0 Å². The first-order chi connectivity index (χ1) is 20.0. The fourth-order valence-corrected chi connectivity index (χ4v) is 13.0. The van der Waals surface area contributed by atoms with Crippen LogP contribution in [-0.4, -0.2) is 35.7 Å². The molecule has 0 radical (unpaired) electrons. The number of esters is 2. The van der Waals surface area contributed by atoms with Gasteiger partial charge in [0.25, 0.3) is 0 Å². The molecule has 10 atom stereocenters. The summed E-state index contributed by atoms with van der Waals surface area (Å²) in [5.41, 5.74) is 1.03. The highest BCUT2D eigenvalue weighted by atomic mass is 16.5. The molecule has 0 bridgehead atoms. The summed E-state index contributed by atoms with van der Waals surface area (Å²) >= 11 is 0. The minimum atomic E-state index is -0.953. The highest BCUT2D eigenvalue weighted by Crippen LogP contribution is 2.78. The molecular formula is C37H60O6. The van der Waals surface area contributed by atoms with Crippen molar-refractivity contribution < 1.29 is 29.0 Å². The van der Waals surface area contributed by atoms with Crippen LogP contribution in [0.4, 0.5) is 0 Å². The highest BCUT2D eigenvalue weighted by molar-refractivity contribution is 5.76.